The molecule has 0 aromatic heterocycles. The van der Waals surface area contributed by atoms with Crippen LogP contribution in [0.1, 0.15) is 13.8 Å². The topological polar surface area (TPSA) is 47.6 Å². The van der Waals surface area contributed by atoms with Crippen molar-refractivity contribution in [1.29, 1.82) is 0 Å². The number of carbonyl (C=O) groups is 1. The van der Waals surface area contributed by atoms with Crippen LogP contribution >= 0.6 is 0 Å². The zero-order valence-corrected chi connectivity index (χ0v) is 14.2. The van der Waals surface area contributed by atoms with Gasteiger partial charge in [-0.25, -0.2) is 4.39 Å². The van der Waals surface area contributed by atoms with Crippen LogP contribution in [0.25, 0.3) is 0 Å². The molecule has 5 nitrogen and oxygen atoms in total. The fourth-order valence-electron chi connectivity index (χ4n) is 2.69. The molecule has 0 aliphatic carbocycles. The number of hydrogen-bond acceptors (Lipinski definition) is 4. The molecule has 0 radical (unpaired) electrons. The predicted octanol–water partition coefficient (Wildman–Crippen LogP) is 1.06. The van der Waals surface area contributed by atoms with Crippen LogP contribution in [-0.2, 0) is 4.79 Å². The van der Waals surface area contributed by atoms with Crippen molar-refractivity contribution in [2.24, 2.45) is 0 Å². The highest BCUT2D eigenvalue weighted by molar-refractivity contribution is 5.81. The Kier molecular flexibility index (Phi) is 6.36. The monoisotopic (exact) mass is 322 g/mol. The third kappa shape index (κ3) is 4.91. The summed E-state index contributed by atoms with van der Waals surface area (Å²) < 4.78 is 13.0. The molecule has 2 atom stereocenters. The van der Waals surface area contributed by atoms with Crippen LogP contribution in [0, 0.1) is 5.82 Å². The number of halogens is 1. The van der Waals surface area contributed by atoms with E-state index in [2.05, 4.69) is 20.4 Å². The number of hydrogen-bond donors (Lipinski definition) is 2. The number of rotatable bonds is 6. The van der Waals surface area contributed by atoms with Crippen molar-refractivity contribution < 1.29 is 9.18 Å². The molecule has 1 fully saturated rings. The first-order valence-electron chi connectivity index (χ1n) is 8.21. The molecule has 1 aromatic rings. The highest BCUT2D eigenvalue weighted by Crippen LogP contribution is 2.17. The van der Waals surface area contributed by atoms with Gasteiger partial charge in [-0.3, -0.25) is 9.69 Å². The van der Waals surface area contributed by atoms with Crippen LogP contribution in [0.4, 0.5) is 10.1 Å². The Bertz CT molecular complexity index is 500. The van der Waals surface area contributed by atoms with Crippen LogP contribution in [-0.4, -0.2) is 62.7 Å². The van der Waals surface area contributed by atoms with Gasteiger partial charge in [0.2, 0.25) is 5.91 Å². The summed E-state index contributed by atoms with van der Waals surface area (Å²) in [6, 6.07) is 6.72. The normalized spacial score (nSPS) is 18.5. The van der Waals surface area contributed by atoms with Crippen molar-refractivity contribution in [3.63, 3.8) is 0 Å². The number of benzene rings is 1. The highest BCUT2D eigenvalue weighted by Gasteiger charge is 2.25. The zero-order valence-electron chi connectivity index (χ0n) is 14.2. The Morgan fingerprint density at radius 1 is 1.17 bits per heavy atom. The van der Waals surface area contributed by atoms with Crippen LogP contribution in [0.15, 0.2) is 24.3 Å². The number of piperazine rings is 1. The summed E-state index contributed by atoms with van der Waals surface area (Å²) in [5.74, 6) is -0.143. The van der Waals surface area contributed by atoms with Gasteiger partial charge in [-0.2, -0.15) is 0 Å². The number of anilines is 1. The van der Waals surface area contributed by atoms with Gasteiger partial charge in [-0.05, 0) is 45.2 Å². The lowest BCUT2D eigenvalue weighted by atomic mass is 10.2. The Hall–Kier alpha value is -1.66. The largest absolute Gasteiger partial charge is 0.369 e. The van der Waals surface area contributed by atoms with E-state index in [-0.39, 0.29) is 23.8 Å². The lowest BCUT2D eigenvalue weighted by Gasteiger charge is -2.38. The van der Waals surface area contributed by atoms with Crippen molar-refractivity contribution in [3.8, 4) is 0 Å². The van der Waals surface area contributed by atoms with Gasteiger partial charge in [0.05, 0.1) is 6.04 Å². The molecule has 6 heteroatoms. The first-order valence-corrected chi connectivity index (χ1v) is 8.21. The van der Waals surface area contributed by atoms with Crippen LogP contribution in [0.3, 0.4) is 0 Å². The molecular formula is C17H27FN4O. The molecule has 1 amide bonds. The molecule has 2 N–H and O–H groups in total. The maximum atomic E-state index is 13.0. The van der Waals surface area contributed by atoms with E-state index < -0.39 is 0 Å². The molecule has 2 unspecified atom stereocenters. The van der Waals surface area contributed by atoms with E-state index in [0.717, 1.165) is 31.9 Å². The zero-order chi connectivity index (χ0) is 16.8. The standard InChI is InChI=1S/C17H27FN4O/c1-13(19-3)12-20-17(23)14(2)21-8-10-22(11-9-21)16-6-4-15(18)5-7-16/h4-7,13-14,19H,8-12H2,1-3H3,(H,20,23). The molecule has 0 spiro atoms. The smallest absolute Gasteiger partial charge is 0.237 e. The maximum Gasteiger partial charge on any atom is 0.237 e. The van der Waals surface area contributed by atoms with Crippen LogP contribution < -0.4 is 15.5 Å². The molecular weight excluding hydrogens is 295 g/mol. The highest BCUT2D eigenvalue weighted by atomic mass is 19.1. The van der Waals surface area contributed by atoms with Gasteiger partial charge in [0.25, 0.3) is 0 Å². The number of carbonyl (C=O) groups excluding carboxylic acids is 1. The predicted molar refractivity (Wildman–Crippen MR) is 91.2 cm³/mol. The van der Waals surface area contributed by atoms with Crippen LogP contribution in [0.5, 0.6) is 0 Å². The Morgan fingerprint density at radius 2 is 1.78 bits per heavy atom. The van der Waals surface area contributed by atoms with Crippen molar-refractivity contribution in [3.05, 3.63) is 30.1 Å². The summed E-state index contributed by atoms with van der Waals surface area (Å²) in [6.45, 7) is 7.96. The fraction of sp³-hybridized carbons (Fsp3) is 0.588. The molecule has 1 heterocycles. The Balaban J connectivity index is 1.81. The third-order valence-electron chi connectivity index (χ3n) is 4.51. The Morgan fingerprint density at radius 3 is 2.35 bits per heavy atom. The van der Waals surface area contributed by atoms with Gasteiger partial charge in [-0.1, -0.05) is 0 Å². The van der Waals surface area contributed by atoms with Crippen molar-refractivity contribution in [2.75, 3.05) is 44.7 Å². The van der Waals surface area contributed by atoms with Gasteiger partial charge in [0.15, 0.2) is 0 Å². The van der Waals surface area contributed by atoms with E-state index in [1.807, 2.05) is 20.9 Å². The second kappa shape index (κ2) is 8.26. The van der Waals surface area contributed by atoms with Gasteiger partial charge < -0.3 is 15.5 Å². The number of amides is 1. The van der Waals surface area contributed by atoms with E-state index in [1.54, 1.807) is 12.1 Å². The minimum Gasteiger partial charge on any atom is -0.369 e. The molecule has 1 aromatic carbocycles. The van der Waals surface area contributed by atoms with E-state index in [9.17, 15) is 9.18 Å². The first kappa shape index (κ1) is 17.7. The van der Waals surface area contributed by atoms with Crippen molar-refractivity contribution >= 4 is 11.6 Å². The van der Waals surface area contributed by atoms with Gasteiger partial charge in [0, 0.05) is 44.5 Å². The van der Waals surface area contributed by atoms with Gasteiger partial charge in [0.1, 0.15) is 5.82 Å². The number of likely N-dealkylation sites (N-methyl/N-ethyl adjacent to an activating group) is 1. The molecule has 2 rings (SSSR count). The minimum absolute atomic E-state index is 0.0716. The third-order valence-corrected chi connectivity index (χ3v) is 4.51. The molecule has 1 saturated heterocycles. The lowest BCUT2D eigenvalue weighted by Crippen LogP contribution is -2.54. The lowest BCUT2D eigenvalue weighted by molar-refractivity contribution is -0.126. The molecule has 1 aliphatic rings. The SMILES string of the molecule is CNC(C)CNC(=O)C(C)N1CCN(c2ccc(F)cc2)CC1. The van der Waals surface area contributed by atoms with E-state index in [0.29, 0.717) is 6.54 Å². The van der Waals surface area contributed by atoms with Crippen molar-refractivity contribution in [1.82, 2.24) is 15.5 Å². The molecule has 128 valence electrons. The van der Waals surface area contributed by atoms with Crippen molar-refractivity contribution in [2.45, 2.75) is 25.9 Å². The second-order valence-electron chi connectivity index (χ2n) is 6.11. The average Bonchev–Trinajstić information content (AvgIpc) is 2.59. The fourth-order valence-corrected chi connectivity index (χ4v) is 2.69. The average molecular weight is 322 g/mol. The van der Waals surface area contributed by atoms with Gasteiger partial charge in [-0.15, -0.1) is 0 Å². The molecule has 0 saturated carbocycles. The first-order chi connectivity index (χ1) is 11.0. The summed E-state index contributed by atoms with van der Waals surface area (Å²) >= 11 is 0. The summed E-state index contributed by atoms with van der Waals surface area (Å²) in [5.41, 5.74) is 1.03. The quantitative estimate of drug-likeness (QED) is 0.822. The number of nitrogens with one attached hydrogen (secondary N) is 2. The molecule has 0 bridgehead atoms. The van der Waals surface area contributed by atoms with E-state index in [4.69, 9.17) is 0 Å². The van der Waals surface area contributed by atoms with Crippen LogP contribution in [0.2, 0.25) is 0 Å². The summed E-state index contributed by atoms with van der Waals surface area (Å²) in [4.78, 5) is 16.6. The molecule has 23 heavy (non-hydrogen) atoms. The van der Waals surface area contributed by atoms with E-state index >= 15 is 0 Å². The Labute approximate surface area is 137 Å². The summed E-state index contributed by atoms with van der Waals surface area (Å²) in [6.07, 6.45) is 0. The van der Waals surface area contributed by atoms with E-state index in [1.165, 1.54) is 12.1 Å². The minimum atomic E-state index is -0.214. The van der Waals surface area contributed by atoms with Gasteiger partial charge >= 0.3 is 0 Å². The summed E-state index contributed by atoms with van der Waals surface area (Å²) in [5, 5.41) is 6.09. The second-order valence-corrected chi connectivity index (χ2v) is 6.11. The summed E-state index contributed by atoms with van der Waals surface area (Å²) in [7, 11) is 1.88. The number of nitrogens with zero attached hydrogens (tertiary/aromatic N) is 2. The maximum absolute atomic E-state index is 13.0. The molecule has 1 aliphatic heterocycles.